The second-order valence-corrected chi connectivity index (χ2v) is 3.14. The zero-order valence-corrected chi connectivity index (χ0v) is 8.05. The van der Waals surface area contributed by atoms with Crippen LogP contribution in [0, 0.1) is 0 Å². The first-order valence-corrected chi connectivity index (χ1v) is 4.65. The van der Waals surface area contributed by atoms with Crippen LogP contribution in [0.3, 0.4) is 0 Å². The molecule has 0 saturated carbocycles. The van der Waals surface area contributed by atoms with Gasteiger partial charge in [-0.3, -0.25) is 4.79 Å². The van der Waals surface area contributed by atoms with Crippen molar-refractivity contribution in [3.05, 3.63) is 40.6 Å². The van der Waals surface area contributed by atoms with E-state index in [4.69, 9.17) is 5.11 Å². The fourth-order valence-electron chi connectivity index (χ4n) is 1.35. The molecule has 0 unspecified atom stereocenters. The molecule has 0 radical (unpaired) electrons. The number of rotatable bonds is 3. The first-order valence-electron chi connectivity index (χ1n) is 4.65. The standard InChI is InChI=1S/C10H11N3O2/c14-4-2-1-3-8-5-9-10(15)11-7-12-13(9)6-8/h1,3,5-7,14H,2,4H2,(H,11,12,15). The van der Waals surface area contributed by atoms with E-state index in [0.717, 1.165) is 5.56 Å². The van der Waals surface area contributed by atoms with E-state index < -0.39 is 0 Å². The number of nitrogens with one attached hydrogen (secondary N) is 1. The maximum atomic E-state index is 11.3. The highest BCUT2D eigenvalue weighted by Gasteiger charge is 2.00. The van der Waals surface area contributed by atoms with Gasteiger partial charge in [-0.1, -0.05) is 12.2 Å². The Bertz CT molecular complexity index is 539. The molecular formula is C10H11N3O2. The predicted molar refractivity (Wildman–Crippen MR) is 56.5 cm³/mol. The van der Waals surface area contributed by atoms with E-state index >= 15 is 0 Å². The van der Waals surface area contributed by atoms with Gasteiger partial charge < -0.3 is 10.1 Å². The summed E-state index contributed by atoms with van der Waals surface area (Å²) in [5.74, 6) is 0. The van der Waals surface area contributed by atoms with Crippen molar-refractivity contribution in [2.45, 2.75) is 6.42 Å². The van der Waals surface area contributed by atoms with Gasteiger partial charge in [0.1, 0.15) is 11.8 Å². The van der Waals surface area contributed by atoms with Gasteiger partial charge in [-0.15, -0.1) is 0 Å². The molecule has 2 aromatic heterocycles. The largest absolute Gasteiger partial charge is 0.396 e. The predicted octanol–water partition coefficient (Wildman–Crippen LogP) is 0.418. The minimum atomic E-state index is -0.160. The number of aromatic amines is 1. The molecule has 0 aliphatic heterocycles. The Morgan fingerprint density at radius 1 is 1.60 bits per heavy atom. The average molecular weight is 205 g/mol. The summed E-state index contributed by atoms with van der Waals surface area (Å²) in [5.41, 5.74) is 1.25. The number of aromatic nitrogens is 3. The Morgan fingerprint density at radius 3 is 3.20 bits per heavy atom. The smallest absolute Gasteiger partial charge is 0.275 e. The first kappa shape index (κ1) is 9.67. The zero-order valence-electron chi connectivity index (χ0n) is 8.05. The van der Waals surface area contributed by atoms with Crippen molar-refractivity contribution >= 4 is 11.6 Å². The number of hydrogen-bond donors (Lipinski definition) is 2. The summed E-state index contributed by atoms with van der Waals surface area (Å²) < 4.78 is 1.53. The van der Waals surface area contributed by atoms with Crippen molar-refractivity contribution in [1.29, 1.82) is 0 Å². The van der Waals surface area contributed by atoms with Crippen molar-refractivity contribution in [3.8, 4) is 0 Å². The van der Waals surface area contributed by atoms with Crippen LogP contribution in [0.25, 0.3) is 11.6 Å². The number of aliphatic hydroxyl groups is 1. The topological polar surface area (TPSA) is 70.4 Å². The Hall–Kier alpha value is -1.88. The quantitative estimate of drug-likeness (QED) is 0.762. The van der Waals surface area contributed by atoms with Gasteiger partial charge in [0.25, 0.3) is 5.56 Å². The van der Waals surface area contributed by atoms with Crippen molar-refractivity contribution in [2.24, 2.45) is 0 Å². The molecule has 0 bridgehead atoms. The van der Waals surface area contributed by atoms with E-state index in [2.05, 4.69) is 10.1 Å². The number of fused-ring (bicyclic) bond motifs is 1. The van der Waals surface area contributed by atoms with Crippen LogP contribution >= 0.6 is 0 Å². The Balaban J connectivity index is 2.39. The molecule has 0 fully saturated rings. The van der Waals surface area contributed by atoms with Gasteiger partial charge in [0.05, 0.1) is 0 Å². The summed E-state index contributed by atoms with van der Waals surface area (Å²) in [6.45, 7) is 0.128. The van der Waals surface area contributed by atoms with Crippen LogP contribution in [0.15, 0.2) is 29.5 Å². The molecule has 0 amide bonds. The Morgan fingerprint density at radius 2 is 2.47 bits per heavy atom. The highest BCUT2D eigenvalue weighted by molar-refractivity contribution is 5.58. The molecule has 78 valence electrons. The molecule has 2 rings (SSSR count). The lowest BCUT2D eigenvalue weighted by atomic mass is 10.3. The summed E-state index contributed by atoms with van der Waals surface area (Å²) in [5, 5.41) is 12.6. The monoisotopic (exact) mass is 205 g/mol. The first-order chi connectivity index (χ1) is 7.31. The number of nitrogens with zero attached hydrogens (tertiary/aromatic N) is 2. The second-order valence-electron chi connectivity index (χ2n) is 3.14. The van der Waals surface area contributed by atoms with E-state index in [-0.39, 0.29) is 12.2 Å². The third kappa shape index (κ3) is 1.97. The van der Waals surface area contributed by atoms with E-state index in [1.807, 2.05) is 12.2 Å². The van der Waals surface area contributed by atoms with Crippen molar-refractivity contribution < 1.29 is 5.11 Å². The highest BCUT2D eigenvalue weighted by Crippen LogP contribution is 2.06. The average Bonchev–Trinajstić information content (AvgIpc) is 2.63. The van der Waals surface area contributed by atoms with Crippen LogP contribution in [-0.4, -0.2) is 26.3 Å². The SMILES string of the molecule is O=c1[nH]cnn2cc(C=CCCO)cc12. The Labute approximate surface area is 85.7 Å². The number of H-pyrrole nitrogens is 1. The zero-order chi connectivity index (χ0) is 10.7. The van der Waals surface area contributed by atoms with Crippen LogP contribution in [0.2, 0.25) is 0 Å². The van der Waals surface area contributed by atoms with Gasteiger partial charge >= 0.3 is 0 Å². The molecule has 0 aromatic carbocycles. The maximum Gasteiger partial charge on any atom is 0.275 e. The maximum absolute atomic E-state index is 11.3. The lowest BCUT2D eigenvalue weighted by molar-refractivity contribution is 0.303. The second kappa shape index (κ2) is 4.10. The van der Waals surface area contributed by atoms with Gasteiger partial charge in [0.2, 0.25) is 0 Å². The lowest BCUT2D eigenvalue weighted by Gasteiger charge is -1.87. The minimum Gasteiger partial charge on any atom is -0.396 e. The molecule has 0 aliphatic carbocycles. The summed E-state index contributed by atoms with van der Waals surface area (Å²) in [7, 11) is 0. The summed E-state index contributed by atoms with van der Waals surface area (Å²) >= 11 is 0. The molecule has 2 aromatic rings. The van der Waals surface area contributed by atoms with Gasteiger partial charge in [-0.25, -0.2) is 4.52 Å². The number of aliphatic hydroxyl groups excluding tert-OH is 1. The molecule has 5 nitrogen and oxygen atoms in total. The van der Waals surface area contributed by atoms with Gasteiger partial charge in [-0.05, 0) is 18.1 Å². The molecule has 15 heavy (non-hydrogen) atoms. The van der Waals surface area contributed by atoms with Gasteiger partial charge in [0, 0.05) is 12.8 Å². The Kier molecular flexibility index (Phi) is 2.64. The molecule has 2 heterocycles. The van der Waals surface area contributed by atoms with Gasteiger partial charge in [-0.2, -0.15) is 5.10 Å². The minimum absolute atomic E-state index is 0.128. The highest BCUT2D eigenvalue weighted by atomic mass is 16.2. The fourth-order valence-corrected chi connectivity index (χ4v) is 1.35. The third-order valence-electron chi connectivity index (χ3n) is 2.04. The molecule has 5 heteroatoms. The van der Waals surface area contributed by atoms with E-state index in [0.29, 0.717) is 11.9 Å². The van der Waals surface area contributed by atoms with Crippen LogP contribution in [0.5, 0.6) is 0 Å². The number of hydrogen-bond acceptors (Lipinski definition) is 3. The van der Waals surface area contributed by atoms with Crippen molar-refractivity contribution in [1.82, 2.24) is 14.6 Å². The van der Waals surface area contributed by atoms with Crippen LogP contribution in [0.4, 0.5) is 0 Å². The molecule has 0 spiro atoms. The van der Waals surface area contributed by atoms with Crippen LogP contribution in [-0.2, 0) is 0 Å². The third-order valence-corrected chi connectivity index (χ3v) is 2.04. The normalized spacial score (nSPS) is 11.5. The summed E-state index contributed by atoms with van der Waals surface area (Å²) in [6, 6.07) is 1.75. The molecule has 0 atom stereocenters. The van der Waals surface area contributed by atoms with Crippen LogP contribution in [0.1, 0.15) is 12.0 Å². The van der Waals surface area contributed by atoms with E-state index in [1.165, 1.54) is 10.8 Å². The van der Waals surface area contributed by atoms with E-state index in [1.54, 1.807) is 12.3 Å². The fraction of sp³-hybridized carbons (Fsp3) is 0.200. The van der Waals surface area contributed by atoms with Crippen LogP contribution < -0.4 is 5.56 Å². The summed E-state index contributed by atoms with van der Waals surface area (Å²) in [4.78, 5) is 13.8. The molecule has 0 aliphatic rings. The lowest BCUT2D eigenvalue weighted by Crippen LogP contribution is -2.09. The van der Waals surface area contributed by atoms with Gasteiger partial charge in [0.15, 0.2) is 0 Å². The molecule has 2 N–H and O–H groups in total. The van der Waals surface area contributed by atoms with Crippen molar-refractivity contribution in [2.75, 3.05) is 6.61 Å². The van der Waals surface area contributed by atoms with Crippen molar-refractivity contribution in [3.63, 3.8) is 0 Å². The molecular weight excluding hydrogens is 194 g/mol. The summed E-state index contributed by atoms with van der Waals surface area (Å²) in [6.07, 6.45) is 7.43. The van der Waals surface area contributed by atoms with E-state index in [9.17, 15) is 4.79 Å². The molecule has 0 saturated heterocycles.